The predicted molar refractivity (Wildman–Crippen MR) is 98.7 cm³/mol. The summed E-state index contributed by atoms with van der Waals surface area (Å²) in [6.45, 7) is 7.06. The summed E-state index contributed by atoms with van der Waals surface area (Å²) in [5.74, 6) is 0.122. The first-order chi connectivity index (χ1) is 12.4. The first-order valence-corrected chi connectivity index (χ1v) is 10.5. The second-order valence-electron chi connectivity index (χ2n) is 7.05. The van der Waals surface area contributed by atoms with Gasteiger partial charge in [-0.1, -0.05) is 13.0 Å². The van der Waals surface area contributed by atoms with Gasteiger partial charge in [-0.2, -0.15) is 4.31 Å². The van der Waals surface area contributed by atoms with E-state index in [0.29, 0.717) is 43.3 Å². The Morgan fingerprint density at radius 1 is 1.31 bits per heavy atom. The van der Waals surface area contributed by atoms with E-state index in [9.17, 15) is 13.2 Å². The average Bonchev–Trinajstić information content (AvgIpc) is 2.64. The van der Waals surface area contributed by atoms with Crippen LogP contribution < -0.4 is 10.6 Å². The Bertz CT molecular complexity index is 760. The van der Waals surface area contributed by atoms with Gasteiger partial charge in [0.05, 0.1) is 18.1 Å². The van der Waals surface area contributed by atoms with Crippen LogP contribution >= 0.6 is 0 Å². The number of carbonyl (C=O) groups excluding carboxylic acids is 1. The molecule has 1 amide bonds. The van der Waals surface area contributed by atoms with E-state index in [1.54, 1.807) is 19.1 Å². The number of piperidine rings is 1. The van der Waals surface area contributed by atoms with Gasteiger partial charge in [-0.15, -0.1) is 0 Å². The second kappa shape index (κ2) is 8.04. The summed E-state index contributed by atoms with van der Waals surface area (Å²) in [5.41, 5.74) is 1.02. The van der Waals surface area contributed by atoms with E-state index in [4.69, 9.17) is 4.74 Å². The number of hydrogen-bond acceptors (Lipinski definition) is 5. The lowest BCUT2D eigenvalue weighted by molar-refractivity contribution is 0.0730. The van der Waals surface area contributed by atoms with Crippen molar-refractivity contribution in [2.24, 2.45) is 5.92 Å². The summed E-state index contributed by atoms with van der Waals surface area (Å²) in [6, 6.07) is 4.99. The molecule has 26 heavy (non-hydrogen) atoms. The molecule has 2 saturated heterocycles. The number of morpholine rings is 1. The monoisotopic (exact) mass is 381 g/mol. The van der Waals surface area contributed by atoms with Crippen LogP contribution in [0, 0.1) is 12.8 Å². The van der Waals surface area contributed by atoms with Crippen LogP contribution in [0.25, 0.3) is 0 Å². The highest BCUT2D eigenvalue weighted by atomic mass is 32.2. The molecule has 1 aromatic carbocycles. The lowest BCUT2D eigenvalue weighted by atomic mass is 9.95. The number of amides is 1. The summed E-state index contributed by atoms with van der Waals surface area (Å²) in [7, 11) is -3.63. The molecule has 3 rings (SSSR count). The van der Waals surface area contributed by atoms with Gasteiger partial charge in [0.25, 0.3) is 5.91 Å². The number of nitrogens with zero attached hydrogens (tertiary/aromatic N) is 1. The van der Waals surface area contributed by atoms with E-state index in [1.165, 1.54) is 10.4 Å². The van der Waals surface area contributed by atoms with E-state index in [-0.39, 0.29) is 16.8 Å². The molecule has 0 saturated carbocycles. The number of sulfonamides is 1. The van der Waals surface area contributed by atoms with Crippen molar-refractivity contribution < 1.29 is 17.9 Å². The fourth-order valence-electron chi connectivity index (χ4n) is 3.43. The molecule has 7 nitrogen and oxygen atoms in total. The minimum absolute atomic E-state index is 0.101. The predicted octanol–water partition coefficient (Wildman–Crippen LogP) is 0.744. The molecule has 0 spiro atoms. The van der Waals surface area contributed by atoms with Crippen molar-refractivity contribution in [2.45, 2.75) is 31.2 Å². The van der Waals surface area contributed by atoms with Crippen LogP contribution in [-0.2, 0) is 14.8 Å². The van der Waals surface area contributed by atoms with Crippen LogP contribution in [0.1, 0.15) is 29.3 Å². The Labute approximate surface area is 155 Å². The molecule has 8 heteroatoms. The third-order valence-electron chi connectivity index (χ3n) is 5.14. The van der Waals surface area contributed by atoms with Crippen LogP contribution in [0.15, 0.2) is 23.1 Å². The van der Waals surface area contributed by atoms with Gasteiger partial charge in [-0.3, -0.25) is 4.79 Å². The van der Waals surface area contributed by atoms with Gasteiger partial charge in [-0.25, -0.2) is 8.42 Å². The minimum atomic E-state index is -3.63. The molecule has 2 heterocycles. The first kappa shape index (κ1) is 19.3. The van der Waals surface area contributed by atoms with Crippen molar-refractivity contribution in [2.75, 3.05) is 39.4 Å². The molecule has 2 aliphatic heterocycles. The van der Waals surface area contributed by atoms with Gasteiger partial charge in [0.1, 0.15) is 0 Å². The Morgan fingerprint density at radius 2 is 2.04 bits per heavy atom. The standard InChI is InChI=1S/C18H27N3O4S/c1-13-3-4-15(18(22)20-16-5-6-19-12-14(16)2)11-17(13)26(23,24)21-7-9-25-10-8-21/h3-4,11,14,16,19H,5-10,12H2,1-2H3,(H,20,22). The van der Waals surface area contributed by atoms with E-state index in [1.807, 2.05) is 0 Å². The van der Waals surface area contributed by atoms with Crippen molar-refractivity contribution in [1.82, 2.24) is 14.9 Å². The molecule has 2 unspecified atom stereocenters. The molecule has 0 bridgehead atoms. The van der Waals surface area contributed by atoms with Gasteiger partial charge < -0.3 is 15.4 Å². The van der Waals surface area contributed by atoms with Crippen LogP contribution in [0.3, 0.4) is 0 Å². The summed E-state index contributed by atoms with van der Waals surface area (Å²) in [4.78, 5) is 12.9. The molecular weight excluding hydrogens is 354 g/mol. The van der Waals surface area contributed by atoms with Gasteiger partial charge >= 0.3 is 0 Å². The SMILES string of the molecule is Cc1ccc(C(=O)NC2CCNCC2C)cc1S(=O)(=O)N1CCOCC1. The van der Waals surface area contributed by atoms with E-state index >= 15 is 0 Å². The first-order valence-electron chi connectivity index (χ1n) is 9.09. The molecule has 1 aromatic rings. The topological polar surface area (TPSA) is 87.7 Å². The summed E-state index contributed by atoms with van der Waals surface area (Å²) < 4.78 is 32.6. The lowest BCUT2D eigenvalue weighted by Crippen LogP contribution is -2.48. The van der Waals surface area contributed by atoms with Gasteiger partial charge in [0.2, 0.25) is 10.0 Å². The lowest BCUT2D eigenvalue weighted by Gasteiger charge is -2.30. The Balaban J connectivity index is 1.81. The number of ether oxygens (including phenoxy) is 1. The number of nitrogens with one attached hydrogen (secondary N) is 2. The Hall–Kier alpha value is -1.48. The molecule has 0 radical (unpaired) electrons. The average molecular weight is 381 g/mol. The zero-order valence-electron chi connectivity index (χ0n) is 15.3. The van der Waals surface area contributed by atoms with Crippen molar-refractivity contribution >= 4 is 15.9 Å². The van der Waals surface area contributed by atoms with Crippen LogP contribution in [0.2, 0.25) is 0 Å². The Kier molecular flexibility index (Phi) is 5.96. The largest absolute Gasteiger partial charge is 0.379 e. The fraction of sp³-hybridized carbons (Fsp3) is 0.611. The van der Waals surface area contributed by atoms with E-state index < -0.39 is 10.0 Å². The van der Waals surface area contributed by atoms with Crippen molar-refractivity contribution in [1.29, 1.82) is 0 Å². The van der Waals surface area contributed by atoms with Crippen LogP contribution in [-0.4, -0.2) is 64.1 Å². The third-order valence-corrected chi connectivity index (χ3v) is 7.18. The van der Waals surface area contributed by atoms with E-state index in [2.05, 4.69) is 17.6 Å². The molecule has 0 aromatic heterocycles. The van der Waals surface area contributed by atoms with Crippen molar-refractivity contribution in [3.8, 4) is 0 Å². The fourth-order valence-corrected chi connectivity index (χ4v) is 5.08. The Morgan fingerprint density at radius 3 is 2.73 bits per heavy atom. The number of hydrogen-bond donors (Lipinski definition) is 2. The number of aryl methyl sites for hydroxylation is 1. The third kappa shape index (κ3) is 4.09. The molecule has 2 atom stereocenters. The maximum absolute atomic E-state index is 13.0. The van der Waals surface area contributed by atoms with Crippen LogP contribution in [0.4, 0.5) is 0 Å². The second-order valence-corrected chi connectivity index (χ2v) is 8.95. The van der Waals surface area contributed by atoms with Crippen molar-refractivity contribution in [3.05, 3.63) is 29.3 Å². The molecule has 0 aliphatic carbocycles. The molecule has 144 valence electrons. The zero-order valence-corrected chi connectivity index (χ0v) is 16.1. The quantitative estimate of drug-likeness (QED) is 0.803. The minimum Gasteiger partial charge on any atom is -0.379 e. The number of rotatable bonds is 4. The maximum Gasteiger partial charge on any atom is 0.251 e. The molecule has 2 N–H and O–H groups in total. The van der Waals surface area contributed by atoms with E-state index in [0.717, 1.165) is 19.5 Å². The highest BCUT2D eigenvalue weighted by Crippen LogP contribution is 2.23. The molecule has 2 fully saturated rings. The number of carbonyl (C=O) groups is 1. The highest BCUT2D eigenvalue weighted by Gasteiger charge is 2.29. The van der Waals surface area contributed by atoms with Gasteiger partial charge in [-0.05, 0) is 50.0 Å². The number of benzene rings is 1. The van der Waals surface area contributed by atoms with Gasteiger partial charge in [0.15, 0.2) is 0 Å². The van der Waals surface area contributed by atoms with Crippen LogP contribution in [0.5, 0.6) is 0 Å². The molecular formula is C18H27N3O4S. The molecule has 2 aliphatic rings. The summed E-state index contributed by atoms with van der Waals surface area (Å²) in [5, 5.41) is 6.36. The maximum atomic E-state index is 13.0. The van der Waals surface area contributed by atoms with Crippen molar-refractivity contribution in [3.63, 3.8) is 0 Å². The zero-order chi connectivity index (χ0) is 18.7. The highest BCUT2D eigenvalue weighted by molar-refractivity contribution is 7.89. The van der Waals surface area contributed by atoms with Gasteiger partial charge in [0, 0.05) is 24.7 Å². The summed E-state index contributed by atoms with van der Waals surface area (Å²) >= 11 is 0. The normalized spacial score (nSPS) is 25.0. The summed E-state index contributed by atoms with van der Waals surface area (Å²) in [6.07, 6.45) is 0.873. The smallest absolute Gasteiger partial charge is 0.251 e.